The molecule has 5 heteroatoms. The van der Waals surface area contributed by atoms with Gasteiger partial charge in [-0.2, -0.15) is 5.26 Å². The predicted molar refractivity (Wildman–Crippen MR) is 61.5 cm³/mol. The average Bonchev–Trinajstić information content (AvgIpc) is 2.77. The van der Waals surface area contributed by atoms with Gasteiger partial charge in [0.05, 0.1) is 6.07 Å². The van der Waals surface area contributed by atoms with Crippen LogP contribution in [0.25, 0.3) is 0 Å². The van der Waals surface area contributed by atoms with Gasteiger partial charge in [-0.25, -0.2) is 8.78 Å². The lowest BCUT2D eigenvalue weighted by Gasteiger charge is -2.19. The molecule has 0 radical (unpaired) electrons. The van der Waals surface area contributed by atoms with Crippen molar-refractivity contribution in [2.24, 2.45) is 5.41 Å². The molecule has 0 bridgehead atoms. The van der Waals surface area contributed by atoms with Gasteiger partial charge in [-0.3, -0.25) is 4.79 Å². The molecule has 0 heterocycles. The number of rotatable bonds is 2. The molecular formula is C13H12F2N2O. The van der Waals surface area contributed by atoms with Crippen molar-refractivity contribution in [2.75, 3.05) is 5.32 Å². The number of hydrogen-bond donors (Lipinski definition) is 1. The first-order valence-corrected chi connectivity index (χ1v) is 5.74. The molecule has 2 rings (SSSR count). The van der Waals surface area contributed by atoms with Crippen LogP contribution < -0.4 is 5.32 Å². The van der Waals surface area contributed by atoms with Gasteiger partial charge in [-0.15, -0.1) is 0 Å². The summed E-state index contributed by atoms with van der Waals surface area (Å²) in [5.41, 5.74) is -1.01. The van der Waals surface area contributed by atoms with E-state index in [1.165, 1.54) is 0 Å². The Balaban J connectivity index is 2.18. The maximum absolute atomic E-state index is 13.0. The summed E-state index contributed by atoms with van der Waals surface area (Å²) in [5, 5.41) is 11.5. The van der Waals surface area contributed by atoms with Gasteiger partial charge in [0, 0.05) is 11.8 Å². The SMILES string of the molecule is N#CC1(C(=O)Nc2cc(F)cc(F)c2)CCCC1. The third-order valence-electron chi connectivity index (χ3n) is 3.23. The molecular weight excluding hydrogens is 238 g/mol. The van der Waals surface area contributed by atoms with Crippen LogP contribution >= 0.6 is 0 Å². The molecule has 1 amide bonds. The van der Waals surface area contributed by atoms with Crippen LogP contribution in [0, 0.1) is 28.4 Å². The van der Waals surface area contributed by atoms with Gasteiger partial charge in [0.1, 0.15) is 17.0 Å². The standard InChI is InChI=1S/C13H12F2N2O/c14-9-5-10(15)7-11(6-9)17-12(18)13(8-16)3-1-2-4-13/h5-7H,1-4H2,(H,17,18). The molecule has 1 N–H and O–H groups in total. The van der Waals surface area contributed by atoms with Crippen molar-refractivity contribution in [3.8, 4) is 6.07 Å². The van der Waals surface area contributed by atoms with Crippen LogP contribution in [-0.4, -0.2) is 5.91 Å². The lowest BCUT2D eigenvalue weighted by atomic mass is 9.87. The molecule has 1 aliphatic carbocycles. The molecule has 18 heavy (non-hydrogen) atoms. The van der Waals surface area contributed by atoms with E-state index in [-0.39, 0.29) is 5.69 Å². The second kappa shape index (κ2) is 4.73. The molecule has 1 aliphatic rings. The first kappa shape index (κ1) is 12.5. The molecule has 1 aromatic carbocycles. The Labute approximate surface area is 103 Å². The van der Waals surface area contributed by atoms with E-state index in [0.29, 0.717) is 12.8 Å². The molecule has 1 fully saturated rings. The lowest BCUT2D eigenvalue weighted by Crippen LogP contribution is -2.32. The summed E-state index contributed by atoms with van der Waals surface area (Å²) >= 11 is 0. The maximum Gasteiger partial charge on any atom is 0.244 e. The van der Waals surface area contributed by atoms with E-state index >= 15 is 0 Å². The summed E-state index contributed by atoms with van der Waals surface area (Å²) in [4.78, 5) is 12.0. The average molecular weight is 250 g/mol. The second-order valence-corrected chi connectivity index (χ2v) is 4.51. The van der Waals surface area contributed by atoms with Gasteiger partial charge in [0.25, 0.3) is 0 Å². The highest BCUT2D eigenvalue weighted by Crippen LogP contribution is 2.38. The van der Waals surface area contributed by atoms with Crippen molar-refractivity contribution >= 4 is 11.6 Å². The van der Waals surface area contributed by atoms with Crippen LogP contribution in [0.3, 0.4) is 0 Å². The Morgan fingerprint density at radius 2 is 1.78 bits per heavy atom. The molecule has 3 nitrogen and oxygen atoms in total. The fourth-order valence-electron chi connectivity index (χ4n) is 2.24. The molecule has 0 aliphatic heterocycles. The van der Waals surface area contributed by atoms with E-state index in [2.05, 4.69) is 5.32 Å². The summed E-state index contributed by atoms with van der Waals surface area (Å²) in [6.45, 7) is 0. The van der Waals surface area contributed by atoms with Crippen molar-refractivity contribution < 1.29 is 13.6 Å². The van der Waals surface area contributed by atoms with Crippen molar-refractivity contribution in [3.63, 3.8) is 0 Å². The van der Waals surface area contributed by atoms with Crippen LogP contribution in [-0.2, 0) is 4.79 Å². The Hall–Kier alpha value is -1.96. The number of amides is 1. The van der Waals surface area contributed by atoms with E-state index in [1.807, 2.05) is 6.07 Å². The van der Waals surface area contributed by atoms with Crippen LogP contribution in [0.15, 0.2) is 18.2 Å². The topological polar surface area (TPSA) is 52.9 Å². The van der Waals surface area contributed by atoms with Gasteiger partial charge < -0.3 is 5.32 Å². The second-order valence-electron chi connectivity index (χ2n) is 4.51. The van der Waals surface area contributed by atoms with Gasteiger partial charge >= 0.3 is 0 Å². The highest BCUT2D eigenvalue weighted by atomic mass is 19.1. The number of nitrogens with one attached hydrogen (secondary N) is 1. The minimum Gasteiger partial charge on any atom is -0.324 e. The smallest absolute Gasteiger partial charge is 0.244 e. The van der Waals surface area contributed by atoms with E-state index in [1.54, 1.807) is 0 Å². The van der Waals surface area contributed by atoms with E-state index in [9.17, 15) is 13.6 Å². The molecule has 0 unspecified atom stereocenters. The molecule has 1 saturated carbocycles. The van der Waals surface area contributed by atoms with Crippen LogP contribution in [0.2, 0.25) is 0 Å². The Bertz CT molecular complexity index is 496. The first-order chi connectivity index (χ1) is 8.55. The van der Waals surface area contributed by atoms with Crippen LogP contribution in [0.5, 0.6) is 0 Å². The number of benzene rings is 1. The maximum atomic E-state index is 13.0. The van der Waals surface area contributed by atoms with Gasteiger partial charge in [0.15, 0.2) is 0 Å². The highest BCUT2D eigenvalue weighted by Gasteiger charge is 2.41. The third-order valence-corrected chi connectivity index (χ3v) is 3.23. The summed E-state index contributed by atoms with van der Waals surface area (Å²) in [7, 11) is 0. The van der Waals surface area contributed by atoms with Crippen molar-refractivity contribution in [1.82, 2.24) is 0 Å². The molecule has 0 atom stereocenters. The van der Waals surface area contributed by atoms with Crippen molar-refractivity contribution in [2.45, 2.75) is 25.7 Å². The fourth-order valence-corrected chi connectivity index (χ4v) is 2.24. The number of nitriles is 1. The minimum atomic E-state index is -1.05. The Morgan fingerprint density at radius 3 is 2.28 bits per heavy atom. The molecule has 0 spiro atoms. The number of carbonyl (C=O) groups is 1. The van der Waals surface area contributed by atoms with Gasteiger partial charge in [-0.1, -0.05) is 12.8 Å². The molecule has 1 aromatic rings. The quantitative estimate of drug-likeness (QED) is 0.877. The van der Waals surface area contributed by atoms with E-state index in [4.69, 9.17) is 5.26 Å². The number of nitrogens with zero attached hydrogens (tertiary/aromatic N) is 1. The zero-order valence-corrected chi connectivity index (χ0v) is 9.67. The van der Waals surface area contributed by atoms with Gasteiger partial charge in [0.2, 0.25) is 5.91 Å². The third kappa shape index (κ3) is 2.33. The Morgan fingerprint density at radius 1 is 1.22 bits per heavy atom. The largest absolute Gasteiger partial charge is 0.324 e. The summed E-state index contributed by atoms with van der Waals surface area (Å²) < 4.78 is 26.0. The number of hydrogen-bond acceptors (Lipinski definition) is 2. The van der Waals surface area contributed by atoms with E-state index in [0.717, 1.165) is 31.0 Å². The number of halogens is 2. The Kier molecular flexibility index (Phi) is 3.28. The normalized spacial score (nSPS) is 17.2. The first-order valence-electron chi connectivity index (χ1n) is 5.74. The zero-order chi connectivity index (χ0) is 13.2. The lowest BCUT2D eigenvalue weighted by molar-refractivity contribution is -0.122. The summed E-state index contributed by atoms with van der Waals surface area (Å²) in [6, 6.07) is 4.81. The predicted octanol–water partition coefficient (Wildman–Crippen LogP) is 2.99. The number of carbonyl (C=O) groups excluding carboxylic acids is 1. The molecule has 0 saturated heterocycles. The van der Waals surface area contributed by atoms with Crippen LogP contribution in [0.1, 0.15) is 25.7 Å². The fraction of sp³-hybridized carbons (Fsp3) is 0.385. The zero-order valence-electron chi connectivity index (χ0n) is 9.67. The van der Waals surface area contributed by atoms with Crippen molar-refractivity contribution in [1.29, 1.82) is 5.26 Å². The van der Waals surface area contributed by atoms with Gasteiger partial charge in [-0.05, 0) is 25.0 Å². The highest BCUT2D eigenvalue weighted by molar-refractivity contribution is 5.97. The minimum absolute atomic E-state index is 0.0408. The van der Waals surface area contributed by atoms with Crippen LogP contribution in [0.4, 0.5) is 14.5 Å². The molecule has 94 valence electrons. The van der Waals surface area contributed by atoms with E-state index < -0.39 is 23.0 Å². The van der Waals surface area contributed by atoms with Crippen molar-refractivity contribution in [3.05, 3.63) is 29.8 Å². The monoisotopic (exact) mass is 250 g/mol. The summed E-state index contributed by atoms with van der Waals surface area (Å²) in [6.07, 6.45) is 2.62. The summed E-state index contributed by atoms with van der Waals surface area (Å²) in [5.74, 6) is -2.00. The molecule has 0 aromatic heterocycles. The number of anilines is 1.